The van der Waals surface area contributed by atoms with Crippen LogP contribution in [0.15, 0.2) is 30.5 Å². The minimum absolute atomic E-state index is 0.189. The van der Waals surface area contributed by atoms with Crippen LogP contribution in [0.2, 0.25) is 0 Å². The number of para-hydroxylation sites is 1. The van der Waals surface area contributed by atoms with E-state index in [0.29, 0.717) is 18.9 Å². The summed E-state index contributed by atoms with van der Waals surface area (Å²) in [5.74, 6) is 2.83. The average molecular weight is 393 g/mol. The van der Waals surface area contributed by atoms with Crippen molar-refractivity contribution in [2.75, 3.05) is 33.2 Å². The Kier molecular flexibility index (Phi) is 4.83. The third-order valence-corrected chi connectivity index (χ3v) is 6.51. The van der Waals surface area contributed by atoms with Gasteiger partial charge in [0.25, 0.3) is 0 Å². The number of hydrogen-bond acceptors (Lipinski definition) is 4. The van der Waals surface area contributed by atoms with Crippen LogP contribution in [0, 0.1) is 0 Å². The fourth-order valence-corrected chi connectivity index (χ4v) is 4.72. The number of fused-ring (bicyclic) bond motifs is 2. The summed E-state index contributed by atoms with van der Waals surface area (Å²) in [5, 5.41) is 10.2. The zero-order chi connectivity index (χ0) is 19.8. The molecule has 7 nitrogen and oxygen atoms in total. The van der Waals surface area contributed by atoms with Crippen molar-refractivity contribution in [3.05, 3.63) is 47.7 Å². The van der Waals surface area contributed by atoms with E-state index in [1.165, 1.54) is 0 Å². The third kappa shape index (κ3) is 3.55. The molecule has 0 aliphatic carbocycles. The number of aromatic amines is 1. The number of nitrogens with zero attached hydrogens (tertiary/aromatic N) is 5. The molecule has 2 aliphatic heterocycles. The van der Waals surface area contributed by atoms with Crippen LogP contribution in [0.1, 0.15) is 36.0 Å². The van der Waals surface area contributed by atoms with Crippen LogP contribution < -0.4 is 0 Å². The number of likely N-dealkylation sites (tertiary alicyclic amines) is 1. The van der Waals surface area contributed by atoms with Crippen LogP contribution in [-0.2, 0) is 24.2 Å². The van der Waals surface area contributed by atoms with E-state index < -0.39 is 0 Å². The fourth-order valence-electron chi connectivity index (χ4n) is 4.72. The van der Waals surface area contributed by atoms with E-state index in [1.807, 2.05) is 29.3 Å². The lowest BCUT2D eigenvalue weighted by molar-refractivity contribution is -0.130. The van der Waals surface area contributed by atoms with Gasteiger partial charge in [0.1, 0.15) is 11.6 Å². The molecule has 2 aliphatic rings. The maximum Gasteiger partial charge on any atom is 0.227 e. The lowest BCUT2D eigenvalue weighted by Gasteiger charge is -2.28. The molecule has 1 N–H and O–H groups in total. The van der Waals surface area contributed by atoms with E-state index in [0.717, 1.165) is 73.6 Å². The fraction of sp³-hybridized carbons (Fsp3) is 0.500. The zero-order valence-corrected chi connectivity index (χ0v) is 17.0. The highest BCUT2D eigenvalue weighted by Gasteiger charge is 2.27. The van der Waals surface area contributed by atoms with Crippen LogP contribution in [0.5, 0.6) is 0 Å². The maximum absolute atomic E-state index is 13.0. The standard InChI is InChI=1S/C22H28N6O/c1-26-9-6-16(7-10-26)22-25-24-20-8-11-27(12-13-28(20)22)21(29)14-17-15-23-19-5-3-2-4-18(17)19/h2-5,15-16,23H,6-14H2,1H3. The van der Waals surface area contributed by atoms with Gasteiger partial charge in [-0.05, 0) is 44.6 Å². The summed E-state index contributed by atoms with van der Waals surface area (Å²) in [6.45, 7) is 4.46. The highest BCUT2D eigenvalue weighted by atomic mass is 16.2. The maximum atomic E-state index is 13.0. The van der Waals surface area contributed by atoms with E-state index in [1.54, 1.807) is 0 Å². The van der Waals surface area contributed by atoms with E-state index >= 15 is 0 Å². The summed E-state index contributed by atoms with van der Waals surface area (Å²) in [6, 6.07) is 8.15. The number of amides is 1. The summed E-state index contributed by atoms with van der Waals surface area (Å²) in [6.07, 6.45) is 5.45. The molecule has 0 spiro atoms. The Bertz CT molecular complexity index is 1010. The van der Waals surface area contributed by atoms with E-state index in [9.17, 15) is 4.79 Å². The van der Waals surface area contributed by atoms with Crippen molar-refractivity contribution in [1.29, 1.82) is 0 Å². The number of benzene rings is 1. The van der Waals surface area contributed by atoms with Gasteiger partial charge in [0.2, 0.25) is 5.91 Å². The Morgan fingerprint density at radius 1 is 1.10 bits per heavy atom. The Morgan fingerprint density at radius 2 is 1.93 bits per heavy atom. The average Bonchev–Trinajstić information content (AvgIpc) is 3.27. The molecule has 2 aromatic heterocycles. The van der Waals surface area contributed by atoms with Crippen LogP contribution in [0.4, 0.5) is 0 Å². The van der Waals surface area contributed by atoms with Gasteiger partial charge in [0.05, 0.1) is 6.42 Å². The third-order valence-electron chi connectivity index (χ3n) is 6.51. The molecule has 0 radical (unpaired) electrons. The molecular weight excluding hydrogens is 364 g/mol. The summed E-state index contributed by atoms with van der Waals surface area (Å²) < 4.78 is 2.29. The van der Waals surface area contributed by atoms with Gasteiger partial charge in [-0.15, -0.1) is 10.2 Å². The second-order valence-corrected chi connectivity index (χ2v) is 8.37. The van der Waals surface area contributed by atoms with Crippen molar-refractivity contribution >= 4 is 16.8 Å². The number of nitrogens with one attached hydrogen (secondary N) is 1. The Morgan fingerprint density at radius 3 is 2.79 bits per heavy atom. The second kappa shape index (κ2) is 7.63. The lowest BCUT2D eigenvalue weighted by Crippen LogP contribution is -2.35. The number of H-pyrrole nitrogens is 1. The Hall–Kier alpha value is -2.67. The molecule has 0 atom stereocenters. The van der Waals surface area contributed by atoms with Crippen molar-refractivity contribution in [3.63, 3.8) is 0 Å². The predicted molar refractivity (Wildman–Crippen MR) is 112 cm³/mol. The minimum atomic E-state index is 0.189. The molecule has 1 amide bonds. The van der Waals surface area contributed by atoms with E-state index in [-0.39, 0.29) is 5.91 Å². The van der Waals surface area contributed by atoms with Gasteiger partial charge in [-0.1, -0.05) is 18.2 Å². The number of piperidine rings is 1. The molecule has 5 rings (SSSR count). The number of aromatic nitrogens is 4. The Labute approximate surface area is 170 Å². The van der Waals surface area contributed by atoms with Gasteiger partial charge >= 0.3 is 0 Å². The summed E-state index contributed by atoms with van der Waals surface area (Å²) >= 11 is 0. The first-order valence-electron chi connectivity index (χ1n) is 10.6. The molecule has 152 valence electrons. The number of hydrogen-bond donors (Lipinski definition) is 1. The van der Waals surface area contributed by atoms with E-state index in [2.05, 4.69) is 37.8 Å². The van der Waals surface area contributed by atoms with Gasteiger partial charge < -0.3 is 19.4 Å². The molecular formula is C22H28N6O. The molecule has 1 saturated heterocycles. The summed E-state index contributed by atoms with van der Waals surface area (Å²) in [4.78, 5) is 20.7. The van der Waals surface area contributed by atoms with Crippen molar-refractivity contribution in [2.24, 2.45) is 0 Å². The van der Waals surface area contributed by atoms with Gasteiger partial charge in [-0.3, -0.25) is 4.79 Å². The van der Waals surface area contributed by atoms with Crippen molar-refractivity contribution in [1.82, 2.24) is 29.5 Å². The van der Waals surface area contributed by atoms with Crippen LogP contribution in [-0.4, -0.2) is 68.7 Å². The molecule has 0 bridgehead atoms. The molecule has 1 aromatic carbocycles. The molecule has 4 heterocycles. The normalized spacial score (nSPS) is 18.7. The smallest absolute Gasteiger partial charge is 0.227 e. The van der Waals surface area contributed by atoms with Crippen molar-refractivity contribution in [3.8, 4) is 0 Å². The SMILES string of the molecule is CN1CCC(c2nnc3n2CCN(C(=O)Cc2c[nH]c4ccccc24)CC3)CC1. The van der Waals surface area contributed by atoms with Gasteiger partial charge in [0, 0.05) is 49.1 Å². The molecule has 3 aromatic rings. The molecule has 0 saturated carbocycles. The summed E-state index contributed by atoms with van der Waals surface area (Å²) in [7, 11) is 2.18. The first-order chi connectivity index (χ1) is 14.2. The van der Waals surface area contributed by atoms with Crippen LogP contribution in [0.3, 0.4) is 0 Å². The first-order valence-corrected chi connectivity index (χ1v) is 10.6. The highest BCUT2D eigenvalue weighted by Crippen LogP contribution is 2.27. The number of rotatable bonds is 3. The van der Waals surface area contributed by atoms with Gasteiger partial charge in [-0.2, -0.15) is 0 Å². The van der Waals surface area contributed by atoms with E-state index in [4.69, 9.17) is 0 Å². The quantitative estimate of drug-likeness (QED) is 0.742. The molecule has 29 heavy (non-hydrogen) atoms. The minimum Gasteiger partial charge on any atom is -0.361 e. The monoisotopic (exact) mass is 392 g/mol. The van der Waals surface area contributed by atoms with Crippen molar-refractivity contribution in [2.45, 2.75) is 38.1 Å². The largest absolute Gasteiger partial charge is 0.361 e. The second-order valence-electron chi connectivity index (χ2n) is 8.37. The zero-order valence-electron chi connectivity index (χ0n) is 17.0. The summed E-state index contributed by atoms with van der Waals surface area (Å²) in [5.41, 5.74) is 2.15. The number of carbonyl (C=O) groups excluding carboxylic acids is 1. The van der Waals surface area contributed by atoms with Gasteiger partial charge in [0.15, 0.2) is 0 Å². The predicted octanol–water partition coefficient (Wildman–Crippen LogP) is 2.20. The van der Waals surface area contributed by atoms with Crippen LogP contribution >= 0.6 is 0 Å². The molecule has 1 fully saturated rings. The van der Waals surface area contributed by atoms with Crippen LogP contribution in [0.25, 0.3) is 10.9 Å². The van der Waals surface area contributed by atoms with Crippen molar-refractivity contribution < 1.29 is 4.79 Å². The Balaban J connectivity index is 1.27. The first kappa shape index (κ1) is 18.4. The number of carbonyl (C=O) groups is 1. The highest BCUT2D eigenvalue weighted by molar-refractivity contribution is 5.88. The topological polar surface area (TPSA) is 70.1 Å². The van der Waals surface area contributed by atoms with Gasteiger partial charge in [-0.25, -0.2) is 0 Å². The lowest BCUT2D eigenvalue weighted by atomic mass is 9.96. The molecule has 0 unspecified atom stereocenters. The molecule has 7 heteroatoms.